The van der Waals surface area contributed by atoms with Gasteiger partial charge in [-0.3, -0.25) is 14.4 Å². The van der Waals surface area contributed by atoms with E-state index in [-0.39, 0.29) is 11.8 Å². The summed E-state index contributed by atoms with van der Waals surface area (Å²) in [7, 11) is 0. The molecule has 0 saturated heterocycles. The quantitative estimate of drug-likeness (QED) is 0.429. The van der Waals surface area contributed by atoms with Crippen LogP contribution in [-0.2, 0) is 14.4 Å². The Morgan fingerprint density at radius 3 is 2.14 bits per heavy atom. The maximum absolute atomic E-state index is 12.2. The van der Waals surface area contributed by atoms with Crippen LogP contribution in [0.15, 0.2) is 0 Å². The highest BCUT2D eigenvalue weighted by molar-refractivity contribution is 6.38. The predicted octanol–water partition coefficient (Wildman–Crippen LogP) is 2.58. The van der Waals surface area contributed by atoms with E-state index in [1.165, 1.54) is 0 Å². The van der Waals surface area contributed by atoms with Gasteiger partial charge in [0.25, 0.3) is 5.91 Å². The van der Waals surface area contributed by atoms with Crippen molar-refractivity contribution in [3.05, 3.63) is 0 Å². The van der Waals surface area contributed by atoms with Crippen molar-refractivity contribution in [2.24, 2.45) is 5.92 Å². The highest BCUT2D eigenvalue weighted by Gasteiger charge is 2.27. The molecule has 5 nitrogen and oxygen atoms in total. The van der Waals surface area contributed by atoms with Gasteiger partial charge in [0.2, 0.25) is 11.7 Å². The minimum Gasteiger partial charge on any atom is -0.349 e. The Bertz CT molecular complexity index is 356. The van der Waals surface area contributed by atoms with Crippen molar-refractivity contribution >= 4 is 17.6 Å². The standard InChI is InChI=1S/C17H32N2O3/c1-5-8-9-11-14(15(20)17(22)18-12-7-3)19-16(21)13(4)10-6-2/h13-14H,5-12H2,1-4H3,(H,18,22)(H,19,21). The van der Waals surface area contributed by atoms with E-state index >= 15 is 0 Å². The molecule has 0 aromatic rings. The highest BCUT2D eigenvalue weighted by Crippen LogP contribution is 2.09. The maximum atomic E-state index is 12.2. The van der Waals surface area contributed by atoms with Gasteiger partial charge in [0, 0.05) is 12.5 Å². The molecule has 0 rings (SSSR count). The number of ketones is 1. The zero-order valence-corrected chi connectivity index (χ0v) is 14.5. The van der Waals surface area contributed by atoms with Crippen LogP contribution in [0, 0.1) is 5.92 Å². The van der Waals surface area contributed by atoms with E-state index in [0.717, 1.165) is 38.5 Å². The number of unbranched alkanes of at least 4 members (excludes halogenated alkanes) is 2. The molecule has 0 aliphatic heterocycles. The smallest absolute Gasteiger partial charge is 0.289 e. The van der Waals surface area contributed by atoms with Crippen LogP contribution >= 0.6 is 0 Å². The minimum absolute atomic E-state index is 0.134. The fourth-order valence-corrected chi connectivity index (χ4v) is 2.23. The zero-order valence-electron chi connectivity index (χ0n) is 14.5. The molecule has 0 spiro atoms. The minimum atomic E-state index is -0.699. The van der Waals surface area contributed by atoms with E-state index in [4.69, 9.17) is 0 Å². The van der Waals surface area contributed by atoms with Crippen molar-refractivity contribution in [3.8, 4) is 0 Å². The summed E-state index contributed by atoms with van der Waals surface area (Å²) in [6, 6.07) is -0.699. The molecule has 2 amide bonds. The lowest BCUT2D eigenvalue weighted by Gasteiger charge is -2.19. The first-order valence-electron chi connectivity index (χ1n) is 8.60. The zero-order chi connectivity index (χ0) is 17.0. The van der Waals surface area contributed by atoms with E-state index in [1.807, 2.05) is 20.8 Å². The van der Waals surface area contributed by atoms with E-state index in [1.54, 1.807) is 0 Å². The molecule has 22 heavy (non-hydrogen) atoms. The van der Waals surface area contributed by atoms with Crippen molar-refractivity contribution in [2.45, 2.75) is 78.7 Å². The number of carbonyl (C=O) groups is 3. The third kappa shape index (κ3) is 8.15. The third-order valence-corrected chi connectivity index (χ3v) is 3.66. The number of amides is 2. The van der Waals surface area contributed by atoms with Gasteiger partial charge < -0.3 is 10.6 Å². The number of rotatable bonds is 12. The Balaban J connectivity index is 4.69. The first-order chi connectivity index (χ1) is 10.5. The molecule has 0 saturated carbocycles. The summed E-state index contributed by atoms with van der Waals surface area (Å²) in [5.74, 6) is -1.39. The van der Waals surface area contributed by atoms with Gasteiger partial charge in [0.1, 0.15) is 0 Å². The van der Waals surface area contributed by atoms with Gasteiger partial charge in [-0.05, 0) is 19.3 Å². The molecule has 2 unspecified atom stereocenters. The van der Waals surface area contributed by atoms with Crippen LogP contribution in [0.3, 0.4) is 0 Å². The Morgan fingerprint density at radius 1 is 0.909 bits per heavy atom. The van der Waals surface area contributed by atoms with E-state index in [2.05, 4.69) is 17.6 Å². The first kappa shape index (κ1) is 20.6. The summed E-state index contributed by atoms with van der Waals surface area (Å²) in [5.41, 5.74) is 0. The normalized spacial score (nSPS) is 13.3. The van der Waals surface area contributed by atoms with Gasteiger partial charge in [0.15, 0.2) is 0 Å². The monoisotopic (exact) mass is 312 g/mol. The second kappa shape index (κ2) is 12.2. The Hall–Kier alpha value is -1.39. The first-order valence-corrected chi connectivity index (χ1v) is 8.60. The van der Waals surface area contributed by atoms with Gasteiger partial charge in [-0.2, -0.15) is 0 Å². The molecule has 5 heteroatoms. The Kier molecular flexibility index (Phi) is 11.4. The number of hydrogen-bond acceptors (Lipinski definition) is 3. The molecule has 0 aromatic heterocycles. The second-order valence-electron chi connectivity index (χ2n) is 5.87. The van der Waals surface area contributed by atoms with Crippen LogP contribution in [-0.4, -0.2) is 30.2 Å². The lowest BCUT2D eigenvalue weighted by Crippen LogP contribution is -2.48. The lowest BCUT2D eigenvalue weighted by molar-refractivity contribution is -0.140. The molecule has 2 atom stereocenters. The molecule has 2 N–H and O–H groups in total. The maximum Gasteiger partial charge on any atom is 0.289 e. The van der Waals surface area contributed by atoms with E-state index in [0.29, 0.717) is 13.0 Å². The van der Waals surface area contributed by atoms with Gasteiger partial charge in [-0.25, -0.2) is 0 Å². The van der Waals surface area contributed by atoms with Crippen molar-refractivity contribution in [1.82, 2.24) is 10.6 Å². The van der Waals surface area contributed by atoms with Crippen molar-refractivity contribution in [1.29, 1.82) is 0 Å². The van der Waals surface area contributed by atoms with Crippen molar-refractivity contribution in [2.75, 3.05) is 6.54 Å². The number of Topliss-reactive ketones (excluding diaryl/α,β-unsaturated/α-hetero) is 1. The van der Waals surface area contributed by atoms with E-state index < -0.39 is 17.7 Å². The van der Waals surface area contributed by atoms with Gasteiger partial charge in [-0.1, -0.05) is 53.4 Å². The molecule has 0 aliphatic rings. The van der Waals surface area contributed by atoms with Crippen LogP contribution in [0.5, 0.6) is 0 Å². The molecule has 128 valence electrons. The summed E-state index contributed by atoms with van der Waals surface area (Å²) in [5, 5.41) is 5.36. The summed E-state index contributed by atoms with van der Waals surface area (Å²) >= 11 is 0. The van der Waals surface area contributed by atoms with Crippen LogP contribution in [0.2, 0.25) is 0 Å². The molecule has 0 fully saturated rings. The van der Waals surface area contributed by atoms with E-state index in [9.17, 15) is 14.4 Å². The molecule has 0 aliphatic carbocycles. The molecule has 0 radical (unpaired) electrons. The molecule has 0 heterocycles. The summed E-state index contributed by atoms with van der Waals surface area (Å²) in [6.45, 7) is 8.35. The molecule has 0 aromatic carbocycles. The fraction of sp³-hybridized carbons (Fsp3) is 0.824. The predicted molar refractivity (Wildman–Crippen MR) is 88.5 cm³/mol. The van der Waals surface area contributed by atoms with Crippen LogP contribution in [0.25, 0.3) is 0 Å². The average molecular weight is 312 g/mol. The fourth-order valence-electron chi connectivity index (χ4n) is 2.23. The SMILES string of the molecule is CCCCCC(NC(=O)C(C)CCC)C(=O)C(=O)NCCC. The number of nitrogens with one attached hydrogen (secondary N) is 2. The molecular formula is C17H32N2O3. The Labute approximate surface area is 134 Å². The summed E-state index contributed by atoms with van der Waals surface area (Å²) in [4.78, 5) is 36.2. The van der Waals surface area contributed by atoms with Crippen LogP contribution in [0.4, 0.5) is 0 Å². The average Bonchev–Trinajstić information content (AvgIpc) is 2.51. The van der Waals surface area contributed by atoms with Crippen LogP contribution < -0.4 is 10.6 Å². The van der Waals surface area contributed by atoms with Crippen molar-refractivity contribution in [3.63, 3.8) is 0 Å². The number of hydrogen-bond donors (Lipinski definition) is 2. The Morgan fingerprint density at radius 2 is 1.59 bits per heavy atom. The lowest BCUT2D eigenvalue weighted by atomic mass is 10.0. The highest BCUT2D eigenvalue weighted by atomic mass is 16.2. The van der Waals surface area contributed by atoms with Gasteiger partial charge >= 0.3 is 0 Å². The van der Waals surface area contributed by atoms with Crippen LogP contribution in [0.1, 0.15) is 72.6 Å². The van der Waals surface area contributed by atoms with Gasteiger partial charge in [0.05, 0.1) is 6.04 Å². The summed E-state index contributed by atoms with van der Waals surface area (Å²) in [6.07, 6.45) is 5.85. The van der Waals surface area contributed by atoms with Crippen molar-refractivity contribution < 1.29 is 14.4 Å². The third-order valence-electron chi connectivity index (χ3n) is 3.66. The number of carbonyl (C=O) groups excluding carboxylic acids is 3. The topological polar surface area (TPSA) is 75.3 Å². The molecular weight excluding hydrogens is 280 g/mol. The van der Waals surface area contributed by atoms with Gasteiger partial charge in [-0.15, -0.1) is 0 Å². The largest absolute Gasteiger partial charge is 0.349 e. The summed E-state index contributed by atoms with van der Waals surface area (Å²) < 4.78 is 0. The second-order valence-corrected chi connectivity index (χ2v) is 5.87. The molecule has 0 bridgehead atoms.